The number of hydrogen-bond donors (Lipinski definition) is 1. The van der Waals surface area contributed by atoms with Crippen molar-refractivity contribution in [2.75, 3.05) is 7.11 Å². The maximum absolute atomic E-state index is 11.7. The smallest absolute Gasteiger partial charge is 0.322 e. The molecule has 0 aliphatic rings. The van der Waals surface area contributed by atoms with Crippen molar-refractivity contribution in [2.45, 2.75) is 18.9 Å². The van der Waals surface area contributed by atoms with Gasteiger partial charge in [0.05, 0.1) is 7.11 Å². The number of esters is 1. The van der Waals surface area contributed by atoms with E-state index in [1.807, 2.05) is 6.07 Å². The highest BCUT2D eigenvalue weighted by Crippen LogP contribution is 2.06. The number of carbonyl (C=O) groups is 2. The summed E-state index contributed by atoms with van der Waals surface area (Å²) in [6.45, 7) is 0. The predicted molar refractivity (Wildman–Crippen MR) is 60.0 cm³/mol. The van der Waals surface area contributed by atoms with Crippen molar-refractivity contribution < 1.29 is 14.3 Å². The highest BCUT2D eigenvalue weighted by atomic mass is 16.5. The fourth-order valence-electron chi connectivity index (χ4n) is 1.32. The van der Waals surface area contributed by atoms with Gasteiger partial charge in [0.25, 0.3) is 0 Å². The quantitative estimate of drug-likeness (QED) is 0.598. The van der Waals surface area contributed by atoms with Gasteiger partial charge < -0.3 is 10.5 Å². The number of methoxy groups -OCH3 is 1. The van der Waals surface area contributed by atoms with Gasteiger partial charge in [-0.3, -0.25) is 9.59 Å². The molecule has 0 spiro atoms. The molecule has 0 radical (unpaired) electrons. The Kier molecular flexibility index (Phi) is 4.66. The van der Waals surface area contributed by atoms with Crippen LogP contribution in [0, 0.1) is 0 Å². The van der Waals surface area contributed by atoms with Crippen LogP contribution < -0.4 is 5.73 Å². The minimum absolute atomic E-state index is 0.0139. The number of carbonyl (C=O) groups excluding carboxylic acids is 2. The summed E-state index contributed by atoms with van der Waals surface area (Å²) in [4.78, 5) is 22.7. The molecule has 1 atom stereocenters. The Morgan fingerprint density at radius 2 is 1.94 bits per heavy atom. The highest BCUT2D eigenvalue weighted by Gasteiger charge is 2.15. The second-order valence-corrected chi connectivity index (χ2v) is 3.46. The van der Waals surface area contributed by atoms with Gasteiger partial charge in [0.15, 0.2) is 5.78 Å². The summed E-state index contributed by atoms with van der Waals surface area (Å²) in [5.74, 6) is -0.499. The molecule has 0 amide bonds. The second-order valence-electron chi connectivity index (χ2n) is 3.46. The van der Waals surface area contributed by atoms with Crippen molar-refractivity contribution >= 4 is 11.8 Å². The van der Waals surface area contributed by atoms with Crippen LogP contribution in [0.2, 0.25) is 0 Å². The van der Waals surface area contributed by atoms with Crippen LogP contribution >= 0.6 is 0 Å². The first-order valence-corrected chi connectivity index (χ1v) is 5.07. The van der Waals surface area contributed by atoms with E-state index >= 15 is 0 Å². The molecule has 0 saturated carbocycles. The number of ether oxygens (including phenoxy) is 1. The summed E-state index contributed by atoms with van der Waals surface area (Å²) >= 11 is 0. The van der Waals surface area contributed by atoms with E-state index in [9.17, 15) is 9.59 Å². The fraction of sp³-hybridized carbons (Fsp3) is 0.333. The first kappa shape index (κ1) is 12.4. The van der Waals surface area contributed by atoms with E-state index in [2.05, 4.69) is 4.74 Å². The van der Waals surface area contributed by atoms with Crippen molar-refractivity contribution in [1.29, 1.82) is 0 Å². The molecule has 0 bridgehead atoms. The van der Waals surface area contributed by atoms with Gasteiger partial charge >= 0.3 is 5.97 Å². The van der Waals surface area contributed by atoms with Crippen LogP contribution in [0.4, 0.5) is 0 Å². The summed E-state index contributed by atoms with van der Waals surface area (Å²) in [6.07, 6.45) is 0.556. The largest absolute Gasteiger partial charge is 0.468 e. The van der Waals surface area contributed by atoms with E-state index in [1.54, 1.807) is 24.3 Å². The van der Waals surface area contributed by atoms with E-state index in [4.69, 9.17) is 5.73 Å². The van der Waals surface area contributed by atoms with Gasteiger partial charge in [-0.05, 0) is 6.42 Å². The van der Waals surface area contributed by atoms with E-state index < -0.39 is 12.0 Å². The molecule has 0 aromatic heterocycles. The normalized spacial score (nSPS) is 11.9. The van der Waals surface area contributed by atoms with E-state index in [0.717, 1.165) is 0 Å². The summed E-state index contributed by atoms with van der Waals surface area (Å²) < 4.78 is 4.47. The van der Waals surface area contributed by atoms with Gasteiger partial charge in [-0.25, -0.2) is 0 Å². The molecule has 4 heteroatoms. The molecular weight excluding hydrogens is 206 g/mol. The van der Waals surface area contributed by atoms with E-state index in [0.29, 0.717) is 12.0 Å². The molecule has 4 nitrogen and oxygen atoms in total. The van der Waals surface area contributed by atoms with Crippen LogP contribution in [0.15, 0.2) is 30.3 Å². The van der Waals surface area contributed by atoms with Crippen molar-refractivity contribution in [3.63, 3.8) is 0 Å². The molecular formula is C12H15NO3. The van der Waals surface area contributed by atoms with Gasteiger partial charge in [-0.2, -0.15) is 0 Å². The zero-order chi connectivity index (χ0) is 12.0. The average Bonchev–Trinajstić information content (AvgIpc) is 2.35. The molecule has 1 rings (SSSR count). The third kappa shape index (κ3) is 3.47. The predicted octanol–water partition coefficient (Wildman–Crippen LogP) is 1.15. The van der Waals surface area contributed by atoms with Crippen LogP contribution in [0.25, 0.3) is 0 Å². The van der Waals surface area contributed by atoms with Gasteiger partial charge in [0, 0.05) is 12.0 Å². The number of rotatable bonds is 5. The maximum Gasteiger partial charge on any atom is 0.322 e. The van der Waals surface area contributed by atoms with Crippen molar-refractivity contribution in [3.8, 4) is 0 Å². The van der Waals surface area contributed by atoms with Crippen LogP contribution in [0.3, 0.4) is 0 Å². The monoisotopic (exact) mass is 221 g/mol. The standard InChI is InChI=1S/C12H15NO3/c1-16-12(15)10(13)7-8-11(14)9-5-3-2-4-6-9/h2-6,10H,7-8,13H2,1H3. The van der Waals surface area contributed by atoms with E-state index in [1.165, 1.54) is 7.11 Å². The Balaban J connectivity index is 2.45. The van der Waals surface area contributed by atoms with Crippen molar-refractivity contribution in [3.05, 3.63) is 35.9 Å². The molecule has 1 aromatic carbocycles. The van der Waals surface area contributed by atoms with Crippen LogP contribution in [0.1, 0.15) is 23.2 Å². The van der Waals surface area contributed by atoms with Gasteiger partial charge in [0.2, 0.25) is 0 Å². The minimum atomic E-state index is -0.724. The molecule has 86 valence electrons. The van der Waals surface area contributed by atoms with Gasteiger partial charge in [-0.1, -0.05) is 30.3 Å². The summed E-state index contributed by atoms with van der Waals surface area (Å²) in [6, 6.07) is 8.20. The summed E-state index contributed by atoms with van der Waals surface area (Å²) in [5, 5.41) is 0. The highest BCUT2D eigenvalue weighted by molar-refractivity contribution is 5.96. The SMILES string of the molecule is COC(=O)C(N)CCC(=O)c1ccccc1. The number of benzene rings is 1. The average molecular weight is 221 g/mol. The van der Waals surface area contributed by atoms with Crippen molar-refractivity contribution in [1.82, 2.24) is 0 Å². The van der Waals surface area contributed by atoms with Gasteiger partial charge in [0.1, 0.15) is 6.04 Å². The topological polar surface area (TPSA) is 69.4 Å². The van der Waals surface area contributed by atoms with Crippen LogP contribution in [0.5, 0.6) is 0 Å². The number of hydrogen-bond acceptors (Lipinski definition) is 4. The molecule has 0 fully saturated rings. The number of nitrogens with two attached hydrogens (primary N) is 1. The Labute approximate surface area is 94.4 Å². The summed E-state index contributed by atoms with van der Waals surface area (Å²) in [7, 11) is 1.28. The lowest BCUT2D eigenvalue weighted by molar-refractivity contribution is -0.142. The zero-order valence-corrected chi connectivity index (χ0v) is 9.18. The Hall–Kier alpha value is -1.68. The molecule has 2 N–H and O–H groups in total. The molecule has 16 heavy (non-hydrogen) atoms. The minimum Gasteiger partial charge on any atom is -0.468 e. The molecule has 1 aromatic rings. The molecule has 0 saturated heterocycles. The maximum atomic E-state index is 11.7. The molecule has 0 aliphatic heterocycles. The lowest BCUT2D eigenvalue weighted by atomic mass is 10.0. The van der Waals surface area contributed by atoms with Crippen molar-refractivity contribution in [2.24, 2.45) is 5.73 Å². The first-order chi connectivity index (χ1) is 7.65. The molecule has 0 aliphatic carbocycles. The third-order valence-electron chi connectivity index (χ3n) is 2.28. The number of Topliss-reactive ketones (excluding diaryl/α,β-unsaturated/α-hetero) is 1. The lowest BCUT2D eigenvalue weighted by Gasteiger charge is -2.08. The second kappa shape index (κ2) is 6.02. The fourth-order valence-corrected chi connectivity index (χ4v) is 1.32. The molecule has 0 heterocycles. The van der Waals surface area contributed by atoms with E-state index in [-0.39, 0.29) is 12.2 Å². The van der Waals surface area contributed by atoms with Gasteiger partial charge in [-0.15, -0.1) is 0 Å². The first-order valence-electron chi connectivity index (χ1n) is 5.07. The Bertz CT molecular complexity index is 362. The lowest BCUT2D eigenvalue weighted by Crippen LogP contribution is -2.32. The summed E-state index contributed by atoms with van der Waals surface area (Å²) in [5.41, 5.74) is 6.17. The molecule has 1 unspecified atom stereocenters. The zero-order valence-electron chi connectivity index (χ0n) is 9.18. The Morgan fingerprint density at radius 3 is 2.50 bits per heavy atom. The third-order valence-corrected chi connectivity index (χ3v) is 2.28. The van der Waals surface area contributed by atoms with Crippen LogP contribution in [-0.4, -0.2) is 24.9 Å². The Morgan fingerprint density at radius 1 is 1.31 bits per heavy atom. The number of ketones is 1. The van der Waals surface area contributed by atoms with Crippen LogP contribution in [-0.2, 0) is 9.53 Å².